The van der Waals surface area contributed by atoms with Gasteiger partial charge in [0.05, 0.1) is 33.0 Å². The highest BCUT2D eigenvalue weighted by Crippen LogP contribution is 2.35. The summed E-state index contributed by atoms with van der Waals surface area (Å²) in [5.74, 6) is -0.577. The van der Waals surface area contributed by atoms with Crippen molar-refractivity contribution in [3.05, 3.63) is 92.4 Å². The van der Waals surface area contributed by atoms with Crippen LogP contribution in [0, 0.1) is 13.8 Å². The molecule has 0 atom stereocenters. The molecule has 0 saturated carbocycles. The molecule has 1 N–H and O–H groups in total. The Morgan fingerprint density at radius 3 is 2.36 bits per heavy atom. The summed E-state index contributed by atoms with van der Waals surface area (Å²) in [4.78, 5) is 18.1. The number of carbonyl (C=O) groups excluding carboxylic acids is 1. The molecule has 33 heavy (non-hydrogen) atoms. The van der Waals surface area contributed by atoms with Gasteiger partial charge in [0.25, 0.3) is 5.91 Å². The van der Waals surface area contributed by atoms with Gasteiger partial charge in [-0.25, -0.2) is 4.98 Å². The molecule has 0 fully saturated rings. The van der Waals surface area contributed by atoms with E-state index in [0.717, 1.165) is 39.4 Å². The first-order valence-electron chi connectivity index (χ1n) is 9.89. The number of pyridine rings is 1. The number of hydrogen-bond acceptors (Lipinski definition) is 2. The molecule has 0 aliphatic rings. The molecule has 1 amide bonds. The van der Waals surface area contributed by atoms with Crippen LogP contribution in [-0.4, -0.2) is 10.9 Å². The van der Waals surface area contributed by atoms with Crippen molar-refractivity contribution in [1.82, 2.24) is 4.98 Å². The summed E-state index contributed by atoms with van der Waals surface area (Å²) in [5, 5.41) is 3.17. The highest BCUT2D eigenvalue weighted by molar-refractivity contribution is 9.10. The smallest absolute Gasteiger partial charge is 0.321 e. The fourth-order valence-electron chi connectivity index (χ4n) is 3.62. The van der Waals surface area contributed by atoms with Gasteiger partial charge in [0.15, 0.2) is 0 Å². The summed E-state index contributed by atoms with van der Waals surface area (Å²) in [6.07, 6.45) is -4.56. The lowest BCUT2D eigenvalue weighted by Gasteiger charge is -2.15. The van der Waals surface area contributed by atoms with Crippen molar-refractivity contribution in [2.24, 2.45) is 0 Å². The van der Waals surface area contributed by atoms with Crippen molar-refractivity contribution in [2.45, 2.75) is 20.0 Å². The van der Waals surface area contributed by atoms with Crippen LogP contribution in [0.4, 0.5) is 18.9 Å². The lowest BCUT2D eigenvalue weighted by molar-refractivity contribution is -0.137. The van der Waals surface area contributed by atoms with Crippen LogP contribution in [0.5, 0.6) is 0 Å². The Balaban J connectivity index is 1.85. The Kier molecular flexibility index (Phi) is 6.20. The number of carbonyl (C=O) groups is 1. The van der Waals surface area contributed by atoms with E-state index < -0.39 is 17.6 Å². The number of alkyl halides is 3. The molecule has 0 spiro atoms. The van der Waals surface area contributed by atoms with E-state index in [1.54, 1.807) is 6.07 Å². The third-order valence-corrected chi connectivity index (χ3v) is 6.03. The van der Waals surface area contributed by atoms with Crippen molar-refractivity contribution < 1.29 is 18.0 Å². The van der Waals surface area contributed by atoms with Gasteiger partial charge < -0.3 is 5.32 Å². The first-order valence-corrected chi connectivity index (χ1v) is 11.1. The van der Waals surface area contributed by atoms with Gasteiger partial charge in [-0.1, -0.05) is 51.3 Å². The summed E-state index contributed by atoms with van der Waals surface area (Å²) < 4.78 is 40.4. The van der Waals surface area contributed by atoms with Crippen LogP contribution in [0.15, 0.2) is 65.1 Å². The average Bonchev–Trinajstić information content (AvgIpc) is 2.74. The van der Waals surface area contributed by atoms with Crippen molar-refractivity contribution in [1.29, 1.82) is 0 Å². The van der Waals surface area contributed by atoms with Gasteiger partial charge >= 0.3 is 6.18 Å². The maximum Gasteiger partial charge on any atom is 0.416 e. The average molecular weight is 534 g/mol. The van der Waals surface area contributed by atoms with E-state index >= 15 is 0 Å². The summed E-state index contributed by atoms with van der Waals surface area (Å²) in [6.45, 7) is 3.81. The van der Waals surface area contributed by atoms with Crippen LogP contribution < -0.4 is 5.32 Å². The van der Waals surface area contributed by atoms with Crippen LogP contribution in [0.2, 0.25) is 5.02 Å². The van der Waals surface area contributed by atoms with Gasteiger partial charge in [-0.15, -0.1) is 0 Å². The highest BCUT2D eigenvalue weighted by Gasteiger charge is 2.31. The van der Waals surface area contributed by atoms with Crippen LogP contribution in [0.3, 0.4) is 0 Å². The van der Waals surface area contributed by atoms with Crippen molar-refractivity contribution >= 4 is 50.0 Å². The summed E-state index contributed by atoms with van der Waals surface area (Å²) in [6, 6.07) is 15.7. The molecule has 1 heterocycles. The van der Waals surface area contributed by atoms with Gasteiger partial charge in [0.1, 0.15) is 0 Å². The SMILES string of the molecule is Cc1cc(C)c2nc(-c3ccc(Br)cc3)cc(C(=O)Nc3cc(C(F)(F)F)ccc3Cl)c2c1. The van der Waals surface area contributed by atoms with Gasteiger partial charge in [-0.2, -0.15) is 13.2 Å². The number of anilines is 1. The lowest BCUT2D eigenvalue weighted by Crippen LogP contribution is -2.15. The first kappa shape index (κ1) is 23.3. The second kappa shape index (κ2) is 8.80. The maximum absolute atomic E-state index is 13.3. The predicted molar refractivity (Wildman–Crippen MR) is 129 cm³/mol. The topological polar surface area (TPSA) is 42.0 Å². The molecule has 4 rings (SSSR count). The molecule has 0 bridgehead atoms. The molecule has 1 aromatic heterocycles. The van der Waals surface area contributed by atoms with E-state index in [2.05, 4.69) is 21.2 Å². The lowest BCUT2D eigenvalue weighted by atomic mass is 9.99. The number of hydrogen-bond donors (Lipinski definition) is 1. The number of fused-ring (bicyclic) bond motifs is 1. The molecule has 0 aliphatic carbocycles. The number of nitrogens with zero attached hydrogens (tertiary/aromatic N) is 1. The van der Waals surface area contributed by atoms with E-state index in [4.69, 9.17) is 16.6 Å². The van der Waals surface area contributed by atoms with E-state index in [-0.39, 0.29) is 16.3 Å². The van der Waals surface area contributed by atoms with Crippen LogP contribution in [0.25, 0.3) is 22.2 Å². The molecule has 3 aromatic carbocycles. The van der Waals surface area contributed by atoms with Crippen LogP contribution in [-0.2, 0) is 6.18 Å². The minimum atomic E-state index is -4.56. The summed E-state index contributed by atoms with van der Waals surface area (Å²) in [5.41, 5.74) is 3.10. The quantitative estimate of drug-likeness (QED) is 0.288. The van der Waals surface area contributed by atoms with Gasteiger partial charge in [0.2, 0.25) is 0 Å². The standard InChI is InChI=1S/C25H17BrClF3N2O/c1-13-9-14(2)23-18(10-13)19(12-21(31-23)15-3-6-17(26)7-4-15)24(33)32-22-11-16(25(28,29)30)5-8-20(22)27/h3-12H,1-2H3,(H,32,33). The molecule has 4 aromatic rings. The molecule has 0 aliphatic heterocycles. The fourth-order valence-corrected chi connectivity index (χ4v) is 4.05. The third-order valence-electron chi connectivity index (χ3n) is 5.17. The van der Waals surface area contributed by atoms with Gasteiger partial charge in [-0.05, 0) is 61.9 Å². The Morgan fingerprint density at radius 1 is 1.00 bits per heavy atom. The number of aromatic nitrogens is 1. The maximum atomic E-state index is 13.3. The monoisotopic (exact) mass is 532 g/mol. The Labute approximate surface area is 201 Å². The normalized spacial score (nSPS) is 11.6. The van der Waals surface area contributed by atoms with Gasteiger partial charge in [-0.3, -0.25) is 4.79 Å². The van der Waals surface area contributed by atoms with E-state index in [1.807, 2.05) is 50.2 Å². The predicted octanol–water partition coefficient (Wildman–Crippen LogP) is 8.21. The van der Waals surface area contributed by atoms with Crippen molar-refractivity contribution in [2.75, 3.05) is 5.32 Å². The number of halogens is 5. The number of rotatable bonds is 3. The van der Waals surface area contributed by atoms with E-state index in [1.165, 1.54) is 0 Å². The first-order chi connectivity index (χ1) is 15.5. The third kappa shape index (κ3) is 4.89. The molecular formula is C25H17BrClF3N2O. The van der Waals surface area contributed by atoms with Crippen molar-refractivity contribution in [3.63, 3.8) is 0 Å². The Hall–Kier alpha value is -2.90. The minimum Gasteiger partial charge on any atom is -0.321 e. The molecule has 168 valence electrons. The number of amides is 1. The number of benzene rings is 3. The Bertz CT molecular complexity index is 1390. The number of nitrogens with one attached hydrogen (secondary N) is 1. The summed E-state index contributed by atoms with van der Waals surface area (Å²) in [7, 11) is 0. The van der Waals surface area contributed by atoms with E-state index in [9.17, 15) is 18.0 Å². The minimum absolute atomic E-state index is 0.00945. The number of aryl methyl sites for hydroxylation is 2. The van der Waals surface area contributed by atoms with Crippen LogP contribution >= 0.6 is 27.5 Å². The molecule has 8 heteroatoms. The molecule has 3 nitrogen and oxygen atoms in total. The fraction of sp³-hybridized carbons (Fsp3) is 0.120. The zero-order chi connectivity index (χ0) is 23.9. The largest absolute Gasteiger partial charge is 0.416 e. The van der Waals surface area contributed by atoms with Gasteiger partial charge in [0, 0.05) is 15.4 Å². The Morgan fingerprint density at radius 2 is 1.70 bits per heavy atom. The second-order valence-electron chi connectivity index (χ2n) is 7.69. The second-order valence-corrected chi connectivity index (χ2v) is 9.01. The molecular weight excluding hydrogens is 517 g/mol. The van der Waals surface area contributed by atoms with Crippen molar-refractivity contribution in [3.8, 4) is 11.3 Å². The molecule has 0 unspecified atom stereocenters. The molecule has 0 saturated heterocycles. The highest BCUT2D eigenvalue weighted by atomic mass is 79.9. The summed E-state index contributed by atoms with van der Waals surface area (Å²) >= 11 is 9.49. The zero-order valence-electron chi connectivity index (χ0n) is 17.5. The van der Waals surface area contributed by atoms with E-state index in [0.29, 0.717) is 16.6 Å². The molecule has 0 radical (unpaired) electrons. The zero-order valence-corrected chi connectivity index (χ0v) is 19.9. The van der Waals surface area contributed by atoms with Crippen LogP contribution in [0.1, 0.15) is 27.0 Å².